The van der Waals surface area contributed by atoms with E-state index in [9.17, 15) is 19.2 Å². The summed E-state index contributed by atoms with van der Waals surface area (Å²) in [5, 5.41) is 16.7. The van der Waals surface area contributed by atoms with E-state index in [1.807, 2.05) is 30.3 Å². The average molecular weight is 596 g/mol. The quantitative estimate of drug-likeness (QED) is 0.104. The van der Waals surface area contributed by atoms with Gasteiger partial charge in [0, 0.05) is 13.0 Å². The first kappa shape index (κ1) is 34.7. The minimum absolute atomic E-state index is 0.0303. The third kappa shape index (κ3) is 13.8. The Morgan fingerprint density at radius 2 is 1.56 bits per heavy atom. The lowest BCUT2D eigenvalue weighted by atomic mass is 9.99. The zero-order valence-electron chi connectivity index (χ0n) is 24.2. The maximum atomic E-state index is 13.2. The lowest BCUT2D eigenvalue weighted by Gasteiger charge is -2.24. The van der Waals surface area contributed by atoms with Crippen LogP contribution in [-0.2, 0) is 35.2 Å². The van der Waals surface area contributed by atoms with Crippen LogP contribution in [0.15, 0.2) is 86.0 Å². The molecule has 11 nitrogen and oxygen atoms in total. The zero-order chi connectivity index (χ0) is 31.3. The maximum Gasteiger partial charge on any atom is 0.408 e. The van der Waals surface area contributed by atoms with Crippen LogP contribution < -0.4 is 16.0 Å². The summed E-state index contributed by atoms with van der Waals surface area (Å²) in [7, 11) is 0. The van der Waals surface area contributed by atoms with Crippen molar-refractivity contribution in [1.82, 2.24) is 16.0 Å². The third-order valence-electron chi connectivity index (χ3n) is 6.14. The van der Waals surface area contributed by atoms with Crippen molar-refractivity contribution in [2.45, 2.75) is 38.0 Å². The predicted molar refractivity (Wildman–Crippen MR) is 160 cm³/mol. The van der Waals surface area contributed by atoms with E-state index in [1.165, 1.54) is 6.08 Å². The highest BCUT2D eigenvalue weighted by Gasteiger charge is 2.27. The molecule has 0 fully saturated rings. The molecule has 0 radical (unpaired) electrons. The molecule has 43 heavy (non-hydrogen) atoms. The molecular formula is C32H41N3O8. The number of aliphatic hydroxyl groups excluding tert-OH is 1. The Bertz CT molecular complexity index is 1160. The molecule has 0 aliphatic heterocycles. The van der Waals surface area contributed by atoms with Gasteiger partial charge in [0.25, 0.3) is 0 Å². The standard InChI is InChI=1S/C32H41N3O8/c1-3-11-26(21-29(37)33-17-19-41-20-18-36)30(38)34-22-28(25-15-9-6-10-16-25)43-31(39)27(12-4-2)35-32(40)42-23-24-13-7-5-8-14-24/h3-10,13-16,26-28,36H,1-2,11-12,17-23H2,(H,33,37)(H,34,38)(H,35,40)/t26-,27-,28-/m1/s1. The highest BCUT2D eigenvalue weighted by atomic mass is 16.6. The fraction of sp³-hybridized carbons (Fsp3) is 0.375. The summed E-state index contributed by atoms with van der Waals surface area (Å²) < 4.78 is 16.1. The van der Waals surface area contributed by atoms with Crippen molar-refractivity contribution in [3.8, 4) is 0 Å². The molecule has 11 heteroatoms. The second-order valence-electron chi connectivity index (χ2n) is 9.48. The van der Waals surface area contributed by atoms with Gasteiger partial charge in [0.1, 0.15) is 18.8 Å². The van der Waals surface area contributed by atoms with Crippen LogP contribution in [0.5, 0.6) is 0 Å². The molecule has 232 valence electrons. The maximum absolute atomic E-state index is 13.2. The predicted octanol–water partition coefficient (Wildman–Crippen LogP) is 2.97. The zero-order valence-corrected chi connectivity index (χ0v) is 24.2. The number of rotatable bonds is 20. The van der Waals surface area contributed by atoms with Gasteiger partial charge in [-0.1, -0.05) is 72.8 Å². The molecule has 0 unspecified atom stereocenters. The van der Waals surface area contributed by atoms with Crippen LogP contribution in [0.2, 0.25) is 0 Å². The number of ether oxygens (including phenoxy) is 3. The number of hydrogen-bond acceptors (Lipinski definition) is 8. The Kier molecular flexibility index (Phi) is 16.5. The van der Waals surface area contributed by atoms with Gasteiger partial charge in [-0.3, -0.25) is 9.59 Å². The lowest BCUT2D eigenvalue weighted by Crippen LogP contribution is -2.43. The number of benzene rings is 2. The van der Waals surface area contributed by atoms with E-state index in [1.54, 1.807) is 36.4 Å². The number of allylic oxidation sites excluding steroid dienone is 1. The number of hydrogen-bond donors (Lipinski definition) is 4. The van der Waals surface area contributed by atoms with Crippen molar-refractivity contribution in [2.75, 3.05) is 32.9 Å². The number of aliphatic hydroxyl groups is 1. The van der Waals surface area contributed by atoms with Gasteiger partial charge in [0.05, 0.1) is 32.3 Å². The molecule has 3 amide bonds. The van der Waals surface area contributed by atoms with Crippen LogP contribution in [0.25, 0.3) is 0 Å². The monoisotopic (exact) mass is 595 g/mol. The third-order valence-corrected chi connectivity index (χ3v) is 6.14. The molecule has 0 aliphatic rings. The number of esters is 1. The van der Waals surface area contributed by atoms with Crippen LogP contribution in [-0.4, -0.2) is 67.9 Å². The second-order valence-corrected chi connectivity index (χ2v) is 9.48. The van der Waals surface area contributed by atoms with Gasteiger partial charge in [-0.2, -0.15) is 0 Å². The average Bonchev–Trinajstić information content (AvgIpc) is 3.02. The number of carbonyl (C=O) groups excluding carboxylic acids is 4. The van der Waals surface area contributed by atoms with E-state index >= 15 is 0 Å². The first-order chi connectivity index (χ1) is 20.9. The highest BCUT2D eigenvalue weighted by molar-refractivity contribution is 5.86. The van der Waals surface area contributed by atoms with Crippen LogP contribution >= 0.6 is 0 Å². The summed E-state index contributed by atoms with van der Waals surface area (Å²) in [6, 6.07) is 16.9. The Balaban J connectivity index is 2.01. The molecule has 0 heterocycles. The summed E-state index contributed by atoms with van der Waals surface area (Å²) in [6.07, 6.45) is 1.63. The summed E-state index contributed by atoms with van der Waals surface area (Å²) >= 11 is 0. The van der Waals surface area contributed by atoms with Crippen LogP contribution in [0.1, 0.15) is 36.5 Å². The molecule has 2 aromatic rings. The fourth-order valence-corrected chi connectivity index (χ4v) is 3.95. The Morgan fingerprint density at radius 3 is 2.21 bits per heavy atom. The molecule has 0 aromatic heterocycles. The number of amides is 3. The largest absolute Gasteiger partial charge is 0.454 e. The SMILES string of the molecule is C=CC[C@H](CC(=O)NCCOCCO)C(=O)NC[C@@H](OC(=O)[C@@H](CC=C)NC(=O)OCc1ccccc1)c1ccccc1. The van der Waals surface area contributed by atoms with Gasteiger partial charge in [-0.05, 0) is 24.0 Å². The first-order valence-corrected chi connectivity index (χ1v) is 14.0. The molecule has 0 aliphatic carbocycles. The van der Waals surface area contributed by atoms with E-state index in [2.05, 4.69) is 29.1 Å². The molecule has 4 N–H and O–H groups in total. The summed E-state index contributed by atoms with van der Waals surface area (Å²) in [6.45, 7) is 7.84. The minimum Gasteiger partial charge on any atom is -0.454 e. The number of carbonyl (C=O) groups is 4. The Hall–Kier alpha value is -4.48. The van der Waals surface area contributed by atoms with E-state index in [4.69, 9.17) is 19.3 Å². The summed E-state index contributed by atoms with van der Waals surface area (Å²) in [4.78, 5) is 51.0. The van der Waals surface area contributed by atoms with Gasteiger partial charge in [0.15, 0.2) is 0 Å². The van der Waals surface area contributed by atoms with E-state index in [-0.39, 0.29) is 64.7 Å². The topological polar surface area (TPSA) is 152 Å². The first-order valence-electron chi connectivity index (χ1n) is 14.0. The molecule has 2 aromatic carbocycles. The van der Waals surface area contributed by atoms with Gasteiger partial charge in [-0.15, -0.1) is 13.2 Å². The molecule has 3 atom stereocenters. The number of nitrogens with one attached hydrogen (secondary N) is 3. The van der Waals surface area contributed by atoms with E-state index in [0.717, 1.165) is 5.56 Å². The van der Waals surface area contributed by atoms with Crippen LogP contribution in [0.3, 0.4) is 0 Å². The van der Waals surface area contributed by atoms with Crippen LogP contribution in [0, 0.1) is 5.92 Å². The molecular weight excluding hydrogens is 554 g/mol. The second kappa shape index (κ2) is 20.4. The van der Waals surface area contributed by atoms with Crippen molar-refractivity contribution in [1.29, 1.82) is 0 Å². The van der Waals surface area contributed by atoms with Gasteiger partial charge in [0.2, 0.25) is 11.8 Å². The summed E-state index contributed by atoms with van der Waals surface area (Å²) in [5.74, 6) is -2.17. The normalized spacial score (nSPS) is 12.6. The van der Waals surface area contributed by atoms with Crippen molar-refractivity contribution in [3.63, 3.8) is 0 Å². The summed E-state index contributed by atoms with van der Waals surface area (Å²) in [5.41, 5.74) is 1.42. The molecule has 0 bridgehead atoms. The van der Waals surface area contributed by atoms with Crippen molar-refractivity contribution in [2.24, 2.45) is 5.92 Å². The molecule has 0 spiro atoms. The van der Waals surface area contributed by atoms with Crippen molar-refractivity contribution in [3.05, 3.63) is 97.1 Å². The smallest absolute Gasteiger partial charge is 0.408 e. The van der Waals surface area contributed by atoms with Gasteiger partial charge < -0.3 is 35.3 Å². The lowest BCUT2D eigenvalue weighted by molar-refractivity contribution is -0.152. The highest BCUT2D eigenvalue weighted by Crippen LogP contribution is 2.19. The number of alkyl carbamates (subject to hydrolysis) is 1. The van der Waals surface area contributed by atoms with Gasteiger partial charge >= 0.3 is 12.1 Å². The van der Waals surface area contributed by atoms with Crippen molar-refractivity contribution < 1.29 is 38.5 Å². The molecule has 0 saturated heterocycles. The molecule has 0 saturated carbocycles. The van der Waals surface area contributed by atoms with Gasteiger partial charge in [-0.25, -0.2) is 9.59 Å². The van der Waals surface area contributed by atoms with E-state index in [0.29, 0.717) is 5.56 Å². The Morgan fingerprint density at radius 1 is 0.884 bits per heavy atom. The fourth-order valence-electron chi connectivity index (χ4n) is 3.95. The molecule has 2 rings (SSSR count). The Labute approximate surface area is 252 Å². The van der Waals surface area contributed by atoms with E-state index < -0.39 is 36.0 Å². The minimum atomic E-state index is -1.07. The van der Waals surface area contributed by atoms with Crippen molar-refractivity contribution >= 4 is 23.9 Å². The van der Waals surface area contributed by atoms with Crippen LogP contribution in [0.4, 0.5) is 4.79 Å².